The average molecular weight is 271 g/mol. The van der Waals surface area contributed by atoms with E-state index in [1.54, 1.807) is 11.0 Å². The molecule has 2 aromatic rings. The minimum Gasteiger partial charge on any atom is -0.398 e. The molecule has 2 N–H and O–H groups in total. The van der Waals surface area contributed by atoms with Crippen LogP contribution in [0.1, 0.15) is 31.3 Å². The van der Waals surface area contributed by atoms with Crippen LogP contribution >= 0.6 is 0 Å². The normalized spacial score (nSPS) is 11.0. The standard InChI is InChI=1S/C16H21N3O/c1-4-19(10-11(2)3)16(20)15-9-13(17)12-7-5-6-8-14(12)18-15/h5-9,11H,4,10H2,1-3H3,(H2,17,18). The summed E-state index contributed by atoms with van der Waals surface area (Å²) in [5.74, 6) is 0.371. The number of hydrogen-bond donors (Lipinski definition) is 1. The van der Waals surface area contributed by atoms with Crippen LogP contribution < -0.4 is 5.73 Å². The van der Waals surface area contributed by atoms with Crippen LogP contribution in [0.3, 0.4) is 0 Å². The molecule has 20 heavy (non-hydrogen) atoms. The van der Waals surface area contributed by atoms with Gasteiger partial charge in [0.15, 0.2) is 0 Å². The van der Waals surface area contributed by atoms with Crippen LogP contribution in [0.4, 0.5) is 5.69 Å². The van der Waals surface area contributed by atoms with Crippen molar-refractivity contribution in [2.45, 2.75) is 20.8 Å². The molecule has 0 unspecified atom stereocenters. The monoisotopic (exact) mass is 271 g/mol. The van der Waals surface area contributed by atoms with Crippen molar-refractivity contribution in [3.05, 3.63) is 36.0 Å². The van der Waals surface area contributed by atoms with Crippen LogP contribution in [-0.4, -0.2) is 28.9 Å². The molecule has 1 amide bonds. The number of amides is 1. The summed E-state index contributed by atoms with van der Waals surface area (Å²) >= 11 is 0. The van der Waals surface area contributed by atoms with Gasteiger partial charge in [0.05, 0.1) is 5.52 Å². The van der Waals surface area contributed by atoms with Crippen molar-refractivity contribution in [3.63, 3.8) is 0 Å². The Kier molecular flexibility index (Phi) is 4.23. The topological polar surface area (TPSA) is 59.2 Å². The second-order valence-electron chi connectivity index (χ2n) is 5.35. The molecule has 1 aromatic carbocycles. The lowest BCUT2D eigenvalue weighted by atomic mass is 10.1. The minimum absolute atomic E-state index is 0.0568. The number of aromatic nitrogens is 1. The van der Waals surface area contributed by atoms with E-state index in [4.69, 9.17) is 5.73 Å². The van der Waals surface area contributed by atoms with Crippen molar-refractivity contribution in [1.29, 1.82) is 0 Å². The van der Waals surface area contributed by atoms with E-state index >= 15 is 0 Å². The van der Waals surface area contributed by atoms with Crippen molar-refractivity contribution < 1.29 is 4.79 Å². The lowest BCUT2D eigenvalue weighted by molar-refractivity contribution is 0.0740. The molecule has 0 saturated carbocycles. The van der Waals surface area contributed by atoms with E-state index in [9.17, 15) is 4.79 Å². The predicted molar refractivity (Wildman–Crippen MR) is 82.6 cm³/mol. The number of carbonyl (C=O) groups is 1. The fourth-order valence-electron chi connectivity index (χ4n) is 2.27. The Morgan fingerprint density at radius 1 is 1.35 bits per heavy atom. The summed E-state index contributed by atoms with van der Waals surface area (Å²) in [5.41, 5.74) is 7.80. The summed E-state index contributed by atoms with van der Waals surface area (Å²) in [7, 11) is 0. The number of rotatable bonds is 4. The van der Waals surface area contributed by atoms with Gasteiger partial charge in [-0.2, -0.15) is 0 Å². The molecule has 0 bridgehead atoms. The number of benzene rings is 1. The SMILES string of the molecule is CCN(CC(C)C)C(=O)c1cc(N)c2ccccc2n1. The maximum Gasteiger partial charge on any atom is 0.272 e. The maximum atomic E-state index is 12.5. The van der Waals surface area contributed by atoms with Gasteiger partial charge in [0.1, 0.15) is 5.69 Å². The van der Waals surface area contributed by atoms with Gasteiger partial charge in [-0.3, -0.25) is 4.79 Å². The summed E-state index contributed by atoms with van der Waals surface area (Å²) in [5, 5.41) is 0.885. The van der Waals surface area contributed by atoms with Crippen molar-refractivity contribution in [2.75, 3.05) is 18.8 Å². The number of nitrogens with two attached hydrogens (primary N) is 1. The Morgan fingerprint density at radius 2 is 2.05 bits per heavy atom. The Labute approximate surface area is 119 Å². The number of carbonyl (C=O) groups excluding carboxylic acids is 1. The fraction of sp³-hybridized carbons (Fsp3) is 0.375. The molecule has 0 spiro atoms. The Balaban J connectivity index is 2.39. The molecule has 0 atom stereocenters. The first kappa shape index (κ1) is 14.3. The molecule has 0 fully saturated rings. The van der Waals surface area contributed by atoms with Crippen molar-refractivity contribution >= 4 is 22.5 Å². The molecule has 4 nitrogen and oxygen atoms in total. The van der Waals surface area contributed by atoms with Crippen molar-refractivity contribution in [2.24, 2.45) is 5.92 Å². The lowest BCUT2D eigenvalue weighted by Gasteiger charge is -2.22. The third-order valence-electron chi connectivity index (χ3n) is 3.22. The van der Waals surface area contributed by atoms with Crippen LogP contribution in [-0.2, 0) is 0 Å². The van der Waals surface area contributed by atoms with E-state index in [1.807, 2.05) is 31.2 Å². The summed E-state index contributed by atoms with van der Waals surface area (Å²) in [6.07, 6.45) is 0. The Bertz CT molecular complexity index is 622. The van der Waals surface area contributed by atoms with Crippen molar-refractivity contribution in [1.82, 2.24) is 9.88 Å². The van der Waals surface area contributed by atoms with Crippen LogP contribution in [0.2, 0.25) is 0 Å². The molecular formula is C16H21N3O. The first-order valence-electron chi connectivity index (χ1n) is 6.97. The van der Waals surface area contributed by atoms with E-state index in [1.165, 1.54) is 0 Å². The maximum absolute atomic E-state index is 12.5. The van der Waals surface area contributed by atoms with E-state index in [-0.39, 0.29) is 5.91 Å². The number of para-hydroxylation sites is 1. The largest absolute Gasteiger partial charge is 0.398 e. The van der Waals surface area contributed by atoms with Gasteiger partial charge in [0.25, 0.3) is 5.91 Å². The summed E-state index contributed by atoms with van der Waals surface area (Å²) in [6.45, 7) is 7.57. The number of anilines is 1. The minimum atomic E-state index is -0.0568. The number of nitrogens with zero attached hydrogens (tertiary/aromatic N) is 2. The Morgan fingerprint density at radius 3 is 2.70 bits per heavy atom. The van der Waals surface area contributed by atoms with Gasteiger partial charge in [-0.25, -0.2) is 4.98 Å². The molecule has 0 radical (unpaired) electrons. The highest BCUT2D eigenvalue weighted by Gasteiger charge is 2.17. The number of fused-ring (bicyclic) bond motifs is 1. The molecule has 1 aromatic heterocycles. The van der Waals surface area contributed by atoms with E-state index < -0.39 is 0 Å². The third-order valence-corrected chi connectivity index (χ3v) is 3.22. The highest BCUT2D eigenvalue weighted by molar-refractivity contribution is 5.99. The molecule has 4 heteroatoms. The smallest absolute Gasteiger partial charge is 0.272 e. The Hall–Kier alpha value is -2.10. The zero-order valence-corrected chi connectivity index (χ0v) is 12.3. The van der Waals surface area contributed by atoms with E-state index in [2.05, 4.69) is 18.8 Å². The van der Waals surface area contributed by atoms with Crippen LogP contribution in [0.15, 0.2) is 30.3 Å². The van der Waals surface area contributed by atoms with Gasteiger partial charge in [-0.05, 0) is 25.0 Å². The molecule has 106 valence electrons. The molecule has 1 heterocycles. The van der Waals surface area contributed by atoms with Crippen LogP contribution in [0.25, 0.3) is 10.9 Å². The second kappa shape index (κ2) is 5.90. The fourth-order valence-corrected chi connectivity index (χ4v) is 2.27. The molecule has 2 rings (SSSR count). The zero-order chi connectivity index (χ0) is 14.7. The van der Waals surface area contributed by atoms with Crippen LogP contribution in [0.5, 0.6) is 0 Å². The summed E-state index contributed by atoms with van der Waals surface area (Å²) < 4.78 is 0. The zero-order valence-electron chi connectivity index (χ0n) is 12.3. The van der Waals surface area contributed by atoms with Gasteiger partial charge in [-0.15, -0.1) is 0 Å². The molecule has 0 aliphatic heterocycles. The number of hydrogen-bond acceptors (Lipinski definition) is 3. The quantitative estimate of drug-likeness (QED) is 0.930. The highest BCUT2D eigenvalue weighted by atomic mass is 16.2. The first-order chi connectivity index (χ1) is 9.52. The van der Waals surface area contributed by atoms with E-state index in [0.717, 1.165) is 17.4 Å². The van der Waals surface area contributed by atoms with Crippen molar-refractivity contribution in [3.8, 4) is 0 Å². The number of nitrogen functional groups attached to an aromatic ring is 1. The van der Waals surface area contributed by atoms with Gasteiger partial charge in [0, 0.05) is 24.2 Å². The third kappa shape index (κ3) is 2.90. The highest BCUT2D eigenvalue weighted by Crippen LogP contribution is 2.21. The van der Waals surface area contributed by atoms with E-state index in [0.29, 0.717) is 23.8 Å². The summed E-state index contributed by atoms with van der Waals surface area (Å²) in [4.78, 5) is 18.8. The second-order valence-corrected chi connectivity index (χ2v) is 5.35. The average Bonchev–Trinajstić information content (AvgIpc) is 2.43. The summed E-state index contributed by atoms with van der Waals surface area (Å²) in [6, 6.07) is 9.28. The molecular weight excluding hydrogens is 250 g/mol. The predicted octanol–water partition coefficient (Wildman–Crippen LogP) is 2.94. The van der Waals surface area contributed by atoms with Gasteiger partial charge >= 0.3 is 0 Å². The molecule has 0 saturated heterocycles. The van der Waals surface area contributed by atoms with Gasteiger partial charge < -0.3 is 10.6 Å². The molecule has 0 aliphatic carbocycles. The van der Waals surface area contributed by atoms with Gasteiger partial charge in [0.2, 0.25) is 0 Å². The molecule has 0 aliphatic rings. The van der Waals surface area contributed by atoms with Crippen LogP contribution in [0, 0.1) is 5.92 Å². The number of pyridine rings is 1. The van der Waals surface area contributed by atoms with Gasteiger partial charge in [-0.1, -0.05) is 32.0 Å². The lowest BCUT2D eigenvalue weighted by Crippen LogP contribution is -2.34. The first-order valence-corrected chi connectivity index (χ1v) is 6.97.